The first-order valence-electron chi connectivity index (χ1n) is 4.78. The number of hydrogen-bond acceptors (Lipinski definition) is 2. The molecule has 1 saturated carbocycles. The number of aliphatic hydroxyl groups is 1. The minimum absolute atomic E-state index is 0.490. The maximum Gasteiger partial charge on any atom is 0.111 e. The van der Waals surface area contributed by atoms with Gasteiger partial charge in [-0.1, -0.05) is 0 Å². The molecule has 3 nitrogen and oxygen atoms in total. The van der Waals surface area contributed by atoms with Crippen molar-refractivity contribution in [2.75, 3.05) is 0 Å². The summed E-state index contributed by atoms with van der Waals surface area (Å²) in [4.78, 5) is 4.21. The normalized spacial score (nSPS) is 21.5. The second-order valence-corrected chi connectivity index (χ2v) is 4.26. The molecule has 1 aromatic heterocycles. The Hall–Kier alpha value is -0.830. The molecular weight excluding hydrogens is 164 g/mol. The van der Waals surface area contributed by atoms with Gasteiger partial charge in [-0.25, -0.2) is 4.98 Å². The van der Waals surface area contributed by atoms with Crippen LogP contribution in [0.5, 0.6) is 0 Å². The second kappa shape index (κ2) is 2.84. The predicted octanol–water partition coefficient (Wildman–Crippen LogP) is 1.12. The minimum atomic E-state index is -0.556. The average molecular weight is 180 g/mol. The third kappa shape index (κ3) is 1.75. The van der Waals surface area contributed by atoms with E-state index in [0.29, 0.717) is 12.3 Å². The Balaban J connectivity index is 2.08. The van der Waals surface area contributed by atoms with Crippen LogP contribution >= 0.6 is 0 Å². The van der Waals surface area contributed by atoms with Crippen molar-refractivity contribution >= 4 is 0 Å². The van der Waals surface area contributed by atoms with Gasteiger partial charge >= 0.3 is 0 Å². The summed E-state index contributed by atoms with van der Waals surface area (Å²) in [6, 6.07) is 0. The molecule has 0 spiro atoms. The van der Waals surface area contributed by atoms with Crippen LogP contribution in [0.3, 0.4) is 0 Å². The second-order valence-electron chi connectivity index (χ2n) is 4.26. The fourth-order valence-electron chi connectivity index (χ4n) is 1.74. The molecule has 0 bridgehead atoms. The van der Waals surface area contributed by atoms with E-state index in [-0.39, 0.29) is 0 Å². The van der Waals surface area contributed by atoms with E-state index in [1.807, 2.05) is 24.7 Å². The molecule has 1 atom stereocenters. The van der Waals surface area contributed by atoms with Crippen molar-refractivity contribution in [3.05, 3.63) is 18.2 Å². The van der Waals surface area contributed by atoms with E-state index in [0.717, 1.165) is 18.7 Å². The molecule has 72 valence electrons. The zero-order chi connectivity index (χ0) is 9.47. The lowest BCUT2D eigenvalue weighted by Crippen LogP contribution is -2.31. The Morgan fingerprint density at radius 2 is 2.38 bits per heavy atom. The monoisotopic (exact) mass is 180 g/mol. The van der Waals surface area contributed by atoms with E-state index in [1.54, 1.807) is 6.20 Å². The van der Waals surface area contributed by atoms with Gasteiger partial charge in [0.2, 0.25) is 0 Å². The van der Waals surface area contributed by atoms with Crippen molar-refractivity contribution in [2.24, 2.45) is 13.0 Å². The number of aromatic nitrogens is 2. The lowest BCUT2D eigenvalue weighted by molar-refractivity contribution is 0.0346. The highest BCUT2D eigenvalue weighted by molar-refractivity contribution is 5.01. The smallest absolute Gasteiger partial charge is 0.111 e. The average Bonchev–Trinajstić information content (AvgIpc) is 2.80. The third-order valence-corrected chi connectivity index (χ3v) is 2.89. The summed E-state index contributed by atoms with van der Waals surface area (Å²) < 4.78 is 1.97. The van der Waals surface area contributed by atoms with Crippen LogP contribution in [0, 0.1) is 5.92 Å². The molecule has 0 saturated heterocycles. The molecule has 0 amide bonds. The van der Waals surface area contributed by atoms with Crippen LogP contribution in [0.25, 0.3) is 0 Å². The highest BCUT2D eigenvalue weighted by atomic mass is 16.3. The Morgan fingerprint density at radius 3 is 2.85 bits per heavy atom. The Bertz CT molecular complexity index is 300. The molecule has 0 aromatic carbocycles. The molecule has 1 heterocycles. The Morgan fingerprint density at radius 1 is 1.69 bits per heavy atom. The fraction of sp³-hybridized carbons (Fsp3) is 0.700. The molecule has 13 heavy (non-hydrogen) atoms. The fourth-order valence-corrected chi connectivity index (χ4v) is 1.74. The Kier molecular flexibility index (Phi) is 1.91. The van der Waals surface area contributed by atoms with Crippen LogP contribution < -0.4 is 0 Å². The first kappa shape index (κ1) is 8.75. The van der Waals surface area contributed by atoms with Gasteiger partial charge in [0.15, 0.2) is 0 Å². The van der Waals surface area contributed by atoms with Gasteiger partial charge in [0.25, 0.3) is 0 Å². The van der Waals surface area contributed by atoms with Crippen LogP contribution in [0.4, 0.5) is 0 Å². The van der Waals surface area contributed by atoms with Crippen molar-refractivity contribution in [1.29, 1.82) is 0 Å². The molecule has 2 rings (SSSR count). The first-order chi connectivity index (χ1) is 6.09. The van der Waals surface area contributed by atoms with E-state index >= 15 is 0 Å². The Labute approximate surface area is 78.4 Å². The zero-order valence-corrected chi connectivity index (χ0v) is 8.20. The molecule has 1 unspecified atom stereocenters. The number of rotatable bonds is 3. The van der Waals surface area contributed by atoms with Gasteiger partial charge in [-0.15, -0.1) is 0 Å². The SMILES string of the molecule is Cn1ccnc1CC(C)(O)C1CC1. The van der Waals surface area contributed by atoms with Crippen molar-refractivity contribution in [3.8, 4) is 0 Å². The van der Waals surface area contributed by atoms with E-state index in [4.69, 9.17) is 0 Å². The van der Waals surface area contributed by atoms with Gasteiger partial charge in [-0.3, -0.25) is 0 Å². The standard InChI is InChI=1S/C10H16N2O/c1-10(13,8-3-4-8)7-9-11-5-6-12(9)2/h5-6,8,13H,3-4,7H2,1-2H3. The highest BCUT2D eigenvalue weighted by Gasteiger charge is 2.40. The summed E-state index contributed by atoms with van der Waals surface area (Å²) in [6.07, 6.45) is 6.69. The van der Waals surface area contributed by atoms with Crippen LogP contribution in [0.2, 0.25) is 0 Å². The molecule has 1 aliphatic rings. The van der Waals surface area contributed by atoms with Gasteiger partial charge in [-0.05, 0) is 25.7 Å². The molecule has 3 heteroatoms. The minimum Gasteiger partial charge on any atom is -0.389 e. The summed E-state index contributed by atoms with van der Waals surface area (Å²) in [5.74, 6) is 1.46. The molecule has 0 aliphatic heterocycles. The van der Waals surface area contributed by atoms with Gasteiger partial charge in [0, 0.05) is 25.9 Å². The number of hydrogen-bond donors (Lipinski definition) is 1. The summed E-state index contributed by atoms with van der Waals surface area (Å²) in [6.45, 7) is 1.92. The van der Waals surface area contributed by atoms with Crippen LogP contribution in [-0.2, 0) is 13.5 Å². The van der Waals surface area contributed by atoms with Crippen molar-refractivity contribution in [1.82, 2.24) is 9.55 Å². The largest absolute Gasteiger partial charge is 0.389 e. The lowest BCUT2D eigenvalue weighted by atomic mass is 9.96. The van der Waals surface area contributed by atoms with E-state index in [2.05, 4.69) is 4.98 Å². The van der Waals surface area contributed by atoms with Crippen LogP contribution in [0.15, 0.2) is 12.4 Å². The zero-order valence-electron chi connectivity index (χ0n) is 8.20. The van der Waals surface area contributed by atoms with Gasteiger partial charge < -0.3 is 9.67 Å². The molecular formula is C10H16N2O. The van der Waals surface area contributed by atoms with Gasteiger partial charge in [-0.2, -0.15) is 0 Å². The van der Waals surface area contributed by atoms with Gasteiger partial charge in [0.1, 0.15) is 5.82 Å². The first-order valence-corrected chi connectivity index (χ1v) is 4.78. The van der Waals surface area contributed by atoms with Crippen LogP contribution in [0.1, 0.15) is 25.6 Å². The molecule has 1 N–H and O–H groups in total. The van der Waals surface area contributed by atoms with E-state index in [9.17, 15) is 5.11 Å². The number of imidazole rings is 1. The van der Waals surface area contributed by atoms with Crippen molar-refractivity contribution in [3.63, 3.8) is 0 Å². The molecule has 1 aliphatic carbocycles. The van der Waals surface area contributed by atoms with Crippen molar-refractivity contribution in [2.45, 2.75) is 31.8 Å². The summed E-state index contributed by atoms with van der Waals surface area (Å²) >= 11 is 0. The van der Waals surface area contributed by atoms with Gasteiger partial charge in [0.05, 0.1) is 5.60 Å². The van der Waals surface area contributed by atoms with Crippen molar-refractivity contribution < 1.29 is 5.11 Å². The van der Waals surface area contributed by atoms with E-state index in [1.165, 1.54) is 0 Å². The predicted molar refractivity (Wildman–Crippen MR) is 50.3 cm³/mol. The third-order valence-electron chi connectivity index (χ3n) is 2.89. The molecule has 0 radical (unpaired) electrons. The molecule has 1 aromatic rings. The van der Waals surface area contributed by atoms with E-state index < -0.39 is 5.60 Å². The topological polar surface area (TPSA) is 38.0 Å². The lowest BCUT2D eigenvalue weighted by Gasteiger charge is -2.22. The number of aryl methyl sites for hydroxylation is 1. The highest BCUT2D eigenvalue weighted by Crippen LogP contribution is 2.40. The summed E-state index contributed by atoms with van der Waals surface area (Å²) in [5.41, 5.74) is -0.556. The van der Waals surface area contributed by atoms with Crippen LogP contribution in [-0.4, -0.2) is 20.3 Å². The summed E-state index contributed by atoms with van der Waals surface area (Å²) in [5, 5.41) is 10.1. The maximum absolute atomic E-state index is 10.1. The summed E-state index contributed by atoms with van der Waals surface area (Å²) in [7, 11) is 1.96. The molecule has 1 fully saturated rings. The maximum atomic E-state index is 10.1. The number of nitrogens with zero attached hydrogens (tertiary/aromatic N) is 2. The quantitative estimate of drug-likeness (QED) is 0.757.